The van der Waals surface area contributed by atoms with Crippen LogP contribution in [0.3, 0.4) is 0 Å². The number of aromatic nitrogens is 1. The third kappa shape index (κ3) is 2.27. The van der Waals surface area contributed by atoms with E-state index in [0.717, 1.165) is 24.1 Å². The van der Waals surface area contributed by atoms with E-state index in [1.807, 2.05) is 24.3 Å². The molecule has 1 aromatic heterocycles. The SMILES string of the molecule is O=S(=O)(c1ccnc(Cl)c1)N1CCCc2ccccc21. The number of anilines is 1. The molecular weight excluding hydrogens is 296 g/mol. The number of sulfonamides is 1. The molecule has 1 aromatic carbocycles. The van der Waals surface area contributed by atoms with E-state index in [1.54, 1.807) is 0 Å². The number of rotatable bonds is 2. The normalized spacial score (nSPS) is 14.9. The van der Waals surface area contributed by atoms with Gasteiger partial charge in [0, 0.05) is 12.7 Å². The molecule has 0 aliphatic carbocycles. The van der Waals surface area contributed by atoms with Gasteiger partial charge in [-0.3, -0.25) is 4.31 Å². The molecule has 3 rings (SSSR count). The van der Waals surface area contributed by atoms with Crippen LogP contribution in [-0.4, -0.2) is 19.9 Å². The van der Waals surface area contributed by atoms with E-state index in [2.05, 4.69) is 4.98 Å². The minimum Gasteiger partial charge on any atom is -0.266 e. The van der Waals surface area contributed by atoms with E-state index < -0.39 is 10.0 Å². The maximum atomic E-state index is 12.7. The zero-order chi connectivity index (χ0) is 14.2. The molecule has 104 valence electrons. The first-order chi connectivity index (χ1) is 9.59. The zero-order valence-corrected chi connectivity index (χ0v) is 12.2. The molecule has 0 fully saturated rings. The van der Waals surface area contributed by atoms with Crippen molar-refractivity contribution in [1.29, 1.82) is 0 Å². The molecule has 0 amide bonds. The molecule has 6 heteroatoms. The second-order valence-corrected chi connectivity index (χ2v) is 6.87. The molecule has 0 saturated heterocycles. The topological polar surface area (TPSA) is 50.3 Å². The monoisotopic (exact) mass is 308 g/mol. The summed E-state index contributed by atoms with van der Waals surface area (Å²) in [4.78, 5) is 4.00. The molecule has 0 saturated carbocycles. The molecule has 20 heavy (non-hydrogen) atoms. The number of nitrogens with zero attached hydrogens (tertiary/aromatic N) is 2. The Balaban J connectivity index is 2.10. The highest BCUT2D eigenvalue weighted by molar-refractivity contribution is 7.92. The lowest BCUT2D eigenvalue weighted by Crippen LogP contribution is -2.35. The van der Waals surface area contributed by atoms with Crippen LogP contribution in [0.4, 0.5) is 5.69 Å². The van der Waals surface area contributed by atoms with Crippen LogP contribution in [0.2, 0.25) is 5.15 Å². The van der Waals surface area contributed by atoms with Gasteiger partial charge in [-0.2, -0.15) is 0 Å². The third-order valence-corrected chi connectivity index (χ3v) is 5.37. The second kappa shape index (κ2) is 5.07. The predicted octanol–water partition coefficient (Wildman–Crippen LogP) is 2.88. The number of fused-ring (bicyclic) bond motifs is 1. The number of pyridine rings is 1. The first-order valence-corrected chi connectivity index (χ1v) is 8.13. The standard InChI is InChI=1S/C14H13ClN2O2S/c15-14-10-12(7-8-16-14)20(18,19)17-9-3-5-11-4-1-2-6-13(11)17/h1-2,4,6-8,10H,3,5,9H2. The third-order valence-electron chi connectivity index (χ3n) is 3.35. The van der Waals surface area contributed by atoms with E-state index in [0.29, 0.717) is 6.54 Å². The predicted molar refractivity (Wildman–Crippen MR) is 78.5 cm³/mol. The van der Waals surface area contributed by atoms with Crippen LogP contribution in [0.5, 0.6) is 0 Å². The minimum absolute atomic E-state index is 0.175. The first-order valence-electron chi connectivity index (χ1n) is 6.31. The fraction of sp³-hybridized carbons (Fsp3) is 0.214. The first kappa shape index (κ1) is 13.4. The van der Waals surface area contributed by atoms with E-state index in [-0.39, 0.29) is 10.0 Å². The molecular formula is C14H13ClN2O2S. The summed E-state index contributed by atoms with van der Waals surface area (Å²) in [5.74, 6) is 0. The largest absolute Gasteiger partial charge is 0.266 e. The number of aryl methyl sites for hydroxylation is 1. The number of hydrogen-bond donors (Lipinski definition) is 0. The van der Waals surface area contributed by atoms with Gasteiger partial charge in [0.25, 0.3) is 10.0 Å². The molecule has 1 aliphatic rings. The van der Waals surface area contributed by atoms with Gasteiger partial charge in [-0.25, -0.2) is 13.4 Å². The van der Waals surface area contributed by atoms with Crippen LogP contribution in [0, 0.1) is 0 Å². The Kier molecular flexibility index (Phi) is 3.40. The maximum absolute atomic E-state index is 12.7. The van der Waals surface area contributed by atoms with Gasteiger partial charge in [0.05, 0.1) is 10.6 Å². The molecule has 0 N–H and O–H groups in total. The van der Waals surface area contributed by atoms with Crippen LogP contribution in [0.15, 0.2) is 47.5 Å². The van der Waals surface area contributed by atoms with Crippen molar-refractivity contribution >= 4 is 27.3 Å². The highest BCUT2D eigenvalue weighted by atomic mass is 35.5. The van der Waals surface area contributed by atoms with Gasteiger partial charge < -0.3 is 0 Å². The van der Waals surface area contributed by atoms with Crippen LogP contribution >= 0.6 is 11.6 Å². The van der Waals surface area contributed by atoms with Crippen LogP contribution < -0.4 is 4.31 Å². The zero-order valence-electron chi connectivity index (χ0n) is 10.7. The summed E-state index contributed by atoms with van der Waals surface area (Å²) in [6.45, 7) is 0.485. The number of hydrogen-bond acceptors (Lipinski definition) is 3. The lowest BCUT2D eigenvalue weighted by Gasteiger charge is -2.30. The molecule has 0 bridgehead atoms. The van der Waals surface area contributed by atoms with Crippen molar-refractivity contribution in [3.63, 3.8) is 0 Å². The van der Waals surface area contributed by atoms with Crippen LogP contribution in [0.25, 0.3) is 0 Å². The summed E-state index contributed by atoms with van der Waals surface area (Å²) in [7, 11) is -3.59. The molecule has 4 nitrogen and oxygen atoms in total. The Hall–Kier alpha value is -1.59. The van der Waals surface area contributed by atoms with E-state index in [9.17, 15) is 8.42 Å². The van der Waals surface area contributed by atoms with E-state index in [1.165, 1.54) is 22.6 Å². The number of para-hydroxylation sites is 1. The van der Waals surface area contributed by atoms with Gasteiger partial charge in [0.2, 0.25) is 0 Å². The van der Waals surface area contributed by atoms with Crippen molar-refractivity contribution in [2.75, 3.05) is 10.8 Å². The summed E-state index contributed by atoms with van der Waals surface area (Å²) in [5.41, 5.74) is 1.81. The Morgan fingerprint density at radius 3 is 2.80 bits per heavy atom. The van der Waals surface area contributed by atoms with Gasteiger partial charge in [-0.15, -0.1) is 0 Å². The molecule has 0 atom stereocenters. The quantitative estimate of drug-likeness (QED) is 0.802. The average molecular weight is 309 g/mol. The number of halogens is 1. The highest BCUT2D eigenvalue weighted by Crippen LogP contribution is 2.31. The van der Waals surface area contributed by atoms with E-state index in [4.69, 9.17) is 11.6 Å². The Labute approximate surface area is 123 Å². The Morgan fingerprint density at radius 1 is 1.20 bits per heavy atom. The van der Waals surface area contributed by atoms with E-state index >= 15 is 0 Å². The van der Waals surface area contributed by atoms with Crippen molar-refractivity contribution in [1.82, 2.24) is 4.98 Å². The van der Waals surface area contributed by atoms with Gasteiger partial charge in [-0.05, 0) is 36.6 Å². The fourth-order valence-electron chi connectivity index (χ4n) is 2.42. The Morgan fingerprint density at radius 2 is 2.00 bits per heavy atom. The summed E-state index contributed by atoms with van der Waals surface area (Å²) in [6, 6.07) is 10.4. The number of benzene rings is 1. The summed E-state index contributed by atoms with van der Waals surface area (Å²) in [6.07, 6.45) is 3.12. The van der Waals surface area contributed by atoms with Gasteiger partial charge >= 0.3 is 0 Å². The maximum Gasteiger partial charge on any atom is 0.264 e. The molecule has 2 aromatic rings. The highest BCUT2D eigenvalue weighted by Gasteiger charge is 2.28. The fourth-order valence-corrected chi connectivity index (χ4v) is 4.21. The van der Waals surface area contributed by atoms with Crippen molar-refractivity contribution < 1.29 is 8.42 Å². The van der Waals surface area contributed by atoms with Crippen molar-refractivity contribution in [3.8, 4) is 0 Å². The Bertz CT molecular complexity index is 746. The molecule has 0 unspecified atom stereocenters. The summed E-state index contributed by atoms with van der Waals surface area (Å²) in [5, 5.41) is 0.177. The van der Waals surface area contributed by atoms with Gasteiger partial charge in [0.15, 0.2) is 0 Å². The molecule has 2 heterocycles. The summed E-state index contributed by atoms with van der Waals surface area (Å²) < 4.78 is 26.9. The van der Waals surface area contributed by atoms with Gasteiger partial charge in [-0.1, -0.05) is 29.8 Å². The van der Waals surface area contributed by atoms with Crippen molar-refractivity contribution in [3.05, 3.63) is 53.3 Å². The molecule has 0 spiro atoms. The average Bonchev–Trinajstić information content (AvgIpc) is 2.46. The van der Waals surface area contributed by atoms with Crippen LogP contribution in [-0.2, 0) is 16.4 Å². The molecule has 1 aliphatic heterocycles. The lowest BCUT2D eigenvalue weighted by atomic mass is 10.0. The van der Waals surface area contributed by atoms with Gasteiger partial charge in [0.1, 0.15) is 5.15 Å². The molecule has 0 radical (unpaired) electrons. The minimum atomic E-state index is -3.59. The summed E-state index contributed by atoms with van der Waals surface area (Å²) >= 11 is 5.80. The van der Waals surface area contributed by atoms with Crippen molar-refractivity contribution in [2.24, 2.45) is 0 Å². The lowest BCUT2D eigenvalue weighted by molar-refractivity contribution is 0.586. The smallest absolute Gasteiger partial charge is 0.264 e. The van der Waals surface area contributed by atoms with Crippen LogP contribution in [0.1, 0.15) is 12.0 Å². The second-order valence-electron chi connectivity index (χ2n) is 4.62. The van der Waals surface area contributed by atoms with Crippen molar-refractivity contribution in [2.45, 2.75) is 17.7 Å².